The predicted molar refractivity (Wildman–Crippen MR) is 88.0 cm³/mol. The van der Waals surface area contributed by atoms with E-state index in [1.165, 1.54) is 11.3 Å². The van der Waals surface area contributed by atoms with Crippen molar-refractivity contribution in [2.45, 2.75) is 26.4 Å². The van der Waals surface area contributed by atoms with Crippen LogP contribution in [0, 0.1) is 6.92 Å². The van der Waals surface area contributed by atoms with Crippen LogP contribution in [0.25, 0.3) is 0 Å². The van der Waals surface area contributed by atoms with Crippen molar-refractivity contribution in [3.8, 4) is 0 Å². The van der Waals surface area contributed by atoms with Gasteiger partial charge in [0.15, 0.2) is 0 Å². The second-order valence-corrected chi connectivity index (χ2v) is 6.18. The van der Waals surface area contributed by atoms with E-state index < -0.39 is 11.9 Å². The number of nitrogens with zero attached hydrogens (tertiary/aromatic N) is 1. The third-order valence-electron chi connectivity index (χ3n) is 3.33. The molecule has 1 atom stereocenters. The lowest BCUT2D eigenvalue weighted by atomic mass is 10.0. The van der Waals surface area contributed by atoms with Crippen LogP contribution in [-0.4, -0.2) is 29.1 Å². The number of aromatic nitrogens is 1. The number of anilines is 1. The zero-order valence-electron chi connectivity index (χ0n) is 13.1. The van der Waals surface area contributed by atoms with E-state index in [-0.39, 0.29) is 5.91 Å². The molecule has 1 unspecified atom stereocenters. The Bertz CT molecular complexity index is 727. The molecule has 0 saturated heterocycles. The second-order valence-electron chi connectivity index (χ2n) is 5.09. The van der Waals surface area contributed by atoms with Gasteiger partial charge in [0.1, 0.15) is 9.88 Å². The van der Waals surface area contributed by atoms with Gasteiger partial charge >= 0.3 is 5.97 Å². The first-order valence-corrected chi connectivity index (χ1v) is 7.83. The predicted octanol–water partition coefficient (Wildman–Crippen LogP) is 3.04. The summed E-state index contributed by atoms with van der Waals surface area (Å²) in [5.41, 5.74) is 1.84. The van der Waals surface area contributed by atoms with Gasteiger partial charge in [-0.1, -0.05) is 12.1 Å². The molecule has 1 amide bonds. The van der Waals surface area contributed by atoms with Crippen LogP contribution in [-0.2, 0) is 16.1 Å². The first-order valence-electron chi connectivity index (χ1n) is 7.01. The van der Waals surface area contributed by atoms with E-state index in [0.717, 1.165) is 5.01 Å². The maximum absolute atomic E-state index is 12.4. The summed E-state index contributed by atoms with van der Waals surface area (Å²) >= 11 is 1.28. The lowest BCUT2D eigenvalue weighted by Crippen LogP contribution is -2.12. The summed E-state index contributed by atoms with van der Waals surface area (Å²) in [7, 11) is 1.57. The Hall–Kier alpha value is -2.25. The van der Waals surface area contributed by atoms with Crippen LogP contribution < -0.4 is 5.32 Å². The average molecular weight is 334 g/mol. The maximum Gasteiger partial charge on any atom is 0.310 e. The molecule has 2 rings (SSSR count). The van der Waals surface area contributed by atoms with E-state index in [9.17, 15) is 9.59 Å². The SMILES string of the molecule is COCc1nc(C)c(C(=O)Nc2cccc(C(C)C(=O)O)c2)s1. The lowest BCUT2D eigenvalue weighted by Gasteiger charge is -2.09. The molecular formula is C16H18N2O4S. The third-order valence-corrected chi connectivity index (χ3v) is 4.46. The van der Waals surface area contributed by atoms with Crippen molar-refractivity contribution in [3.63, 3.8) is 0 Å². The molecule has 0 fully saturated rings. The number of carboxylic acids is 1. The van der Waals surface area contributed by atoms with Crippen molar-refractivity contribution in [3.05, 3.63) is 45.4 Å². The summed E-state index contributed by atoms with van der Waals surface area (Å²) in [6.45, 7) is 3.74. The monoisotopic (exact) mass is 334 g/mol. The number of ether oxygens (including phenoxy) is 1. The number of amides is 1. The van der Waals surface area contributed by atoms with E-state index in [1.54, 1.807) is 45.2 Å². The van der Waals surface area contributed by atoms with Gasteiger partial charge in [0, 0.05) is 12.8 Å². The normalized spacial score (nSPS) is 12.0. The molecule has 0 bridgehead atoms. The topological polar surface area (TPSA) is 88.5 Å². The minimum atomic E-state index is -0.906. The number of thiazole rings is 1. The van der Waals surface area contributed by atoms with E-state index >= 15 is 0 Å². The number of carboxylic acid groups (broad SMARTS) is 1. The van der Waals surface area contributed by atoms with Crippen LogP contribution in [0.4, 0.5) is 5.69 Å². The van der Waals surface area contributed by atoms with Crippen LogP contribution in [0.3, 0.4) is 0 Å². The Balaban J connectivity index is 2.17. The molecule has 6 nitrogen and oxygen atoms in total. The van der Waals surface area contributed by atoms with Gasteiger partial charge in [-0.05, 0) is 31.5 Å². The molecule has 0 saturated carbocycles. The van der Waals surface area contributed by atoms with E-state index in [2.05, 4.69) is 10.3 Å². The quantitative estimate of drug-likeness (QED) is 0.847. The number of aryl methyl sites for hydroxylation is 1. The van der Waals surface area contributed by atoms with E-state index in [1.807, 2.05) is 0 Å². The molecule has 0 aliphatic heterocycles. The number of aliphatic carboxylic acids is 1. The highest BCUT2D eigenvalue weighted by atomic mass is 32.1. The van der Waals surface area contributed by atoms with Crippen molar-refractivity contribution in [1.82, 2.24) is 4.98 Å². The number of hydrogen-bond donors (Lipinski definition) is 2. The first kappa shape index (κ1) is 17.1. The highest BCUT2D eigenvalue weighted by molar-refractivity contribution is 7.13. The fraction of sp³-hybridized carbons (Fsp3) is 0.312. The summed E-state index contributed by atoms with van der Waals surface area (Å²) in [6, 6.07) is 6.84. The second kappa shape index (κ2) is 7.34. The van der Waals surface area contributed by atoms with Gasteiger partial charge < -0.3 is 15.2 Å². The minimum absolute atomic E-state index is 0.262. The number of methoxy groups -OCH3 is 1. The number of nitrogens with one attached hydrogen (secondary N) is 1. The van der Waals surface area contributed by atoms with Gasteiger partial charge in [-0.25, -0.2) is 4.98 Å². The van der Waals surface area contributed by atoms with Gasteiger partial charge in [-0.3, -0.25) is 9.59 Å². The van der Waals surface area contributed by atoms with Gasteiger partial charge in [0.25, 0.3) is 5.91 Å². The van der Waals surface area contributed by atoms with Gasteiger partial charge in [-0.15, -0.1) is 11.3 Å². The molecule has 1 aromatic heterocycles. The van der Waals surface area contributed by atoms with Crippen molar-refractivity contribution in [2.24, 2.45) is 0 Å². The van der Waals surface area contributed by atoms with Crippen molar-refractivity contribution in [2.75, 3.05) is 12.4 Å². The molecule has 1 aromatic carbocycles. The molecule has 23 heavy (non-hydrogen) atoms. The van der Waals surface area contributed by atoms with E-state index in [4.69, 9.17) is 9.84 Å². The molecule has 2 aromatic rings. The average Bonchev–Trinajstić information content (AvgIpc) is 2.88. The van der Waals surface area contributed by atoms with Crippen LogP contribution in [0.1, 0.15) is 38.8 Å². The molecule has 2 N–H and O–H groups in total. The van der Waals surface area contributed by atoms with E-state index in [0.29, 0.717) is 28.4 Å². The zero-order chi connectivity index (χ0) is 17.0. The van der Waals surface area contributed by atoms with Gasteiger partial charge in [0.05, 0.1) is 18.2 Å². The summed E-state index contributed by atoms with van der Waals surface area (Å²) in [6.07, 6.45) is 0. The summed E-state index contributed by atoms with van der Waals surface area (Å²) < 4.78 is 5.02. The number of rotatable bonds is 6. The molecule has 7 heteroatoms. The molecular weight excluding hydrogens is 316 g/mol. The number of carbonyl (C=O) groups excluding carboxylic acids is 1. The molecule has 0 radical (unpaired) electrons. The largest absolute Gasteiger partial charge is 0.481 e. The summed E-state index contributed by atoms with van der Waals surface area (Å²) in [5.74, 6) is -1.80. The van der Waals surface area contributed by atoms with Crippen molar-refractivity contribution >= 4 is 28.9 Å². The van der Waals surface area contributed by atoms with Crippen LogP contribution in [0.5, 0.6) is 0 Å². The molecule has 0 aliphatic rings. The lowest BCUT2D eigenvalue weighted by molar-refractivity contribution is -0.138. The first-order chi connectivity index (χ1) is 10.9. The van der Waals surface area contributed by atoms with Gasteiger partial charge in [-0.2, -0.15) is 0 Å². The van der Waals surface area contributed by atoms with Crippen LogP contribution in [0.2, 0.25) is 0 Å². The fourth-order valence-electron chi connectivity index (χ4n) is 2.06. The highest BCUT2D eigenvalue weighted by Gasteiger charge is 2.17. The molecule has 122 valence electrons. The highest BCUT2D eigenvalue weighted by Crippen LogP contribution is 2.23. The fourth-order valence-corrected chi connectivity index (χ4v) is 3.00. The van der Waals surface area contributed by atoms with Crippen molar-refractivity contribution in [1.29, 1.82) is 0 Å². The maximum atomic E-state index is 12.4. The number of carbonyl (C=O) groups is 2. The Labute approximate surface area is 138 Å². The Morgan fingerprint density at radius 2 is 2.17 bits per heavy atom. The van der Waals surface area contributed by atoms with Crippen molar-refractivity contribution < 1.29 is 19.4 Å². The Kier molecular flexibility index (Phi) is 5.46. The smallest absolute Gasteiger partial charge is 0.310 e. The Morgan fingerprint density at radius 3 is 2.83 bits per heavy atom. The van der Waals surface area contributed by atoms with Crippen LogP contribution >= 0.6 is 11.3 Å². The summed E-state index contributed by atoms with van der Waals surface area (Å²) in [5, 5.41) is 12.6. The molecule has 0 aliphatic carbocycles. The number of hydrogen-bond acceptors (Lipinski definition) is 5. The van der Waals surface area contributed by atoms with Crippen LogP contribution in [0.15, 0.2) is 24.3 Å². The van der Waals surface area contributed by atoms with Gasteiger partial charge in [0.2, 0.25) is 0 Å². The number of benzene rings is 1. The standard InChI is InChI=1S/C16H18N2O4S/c1-9(16(20)21)11-5-4-6-12(7-11)18-15(19)14-10(2)17-13(23-14)8-22-3/h4-7,9H,8H2,1-3H3,(H,18,19)(H,20,21). The molecule has 0 spiro atoms. The third kappa shape index (κ3) is 4.14. The molecule has 1 heterocycles. The minimum Gasteiger partial charge on any atom is -0.481 e. The summed E-state index contributed by atoms with van der Waals surface area (Å²) in [4.78, 5) is 28.2. The zero-order valence-corrected chi connectivity index (χ0v) is 13.9. The Morgan fingerprint density at radius 1 is 1.43 bits per heavy atom.